The summed E-state index contributed by atoms with van der Waals surface area (Å²) in [6, 6.07) is 6.07. The Bertz CT molecular complexity index is 1390. The number of carboxylic acids is 2. The van der Waals surface area contributed by atoms with Gasteiger partial charge in [0.05, 0.1) is 11.7 Å². The number of aliphatic carboxylic acids is 2. The summed E-state index contributed by atoms with van der Waals surface area (Å²) in [6.45, 7) is 0. The zero-order chi connectivity index (χ0) is 27.8. The normalized spacial score (nSPS) is 23.1. The van der Waals surface area contributed by atoms with Gasteiger partial charge in [0.2, 0.25) is 17.0 Å². The zero-order valence-electron chi connectivity index (χ0n) is 22.3. The number of hydrogen-bond donors (Lipinski definition) is 2. The molecule has 1 aromatic carbocycles. The number of β-lactam (4-membered cyclic amide) rings is 1. The maximum Gasteiger partial charge on any atom is 1.00 e. The van der Waals surface area contributed by atoms with Crippen molar-refractivity contribution in [3.63, 3.8) is 0 Å². The molecule has 5 rings (SSSR count). The summed E-state index contributed by atoms with van der Waals surface area (Å²) in [6.07, 6.45) is 0.123. The number of carbonyl (C=O) groups excluding carboxylic acids is 5. The third-order valence-electron chi connectivity index (χ3n) is 6.61. The largest absolute Gasteiger partial charge is 1.00 e. The molecule has 0 radical (unpaired) electrons. The second-order valence-corrected chi connectivity index (χ2v) is 11.2. The van der Waals surface area contributed by atoms with Crippen LogP contribution in [0, 0.1) is 11.8 Å². The molecule has 14 nitrogen and oxygen atoms in total. The van der Waals surface area contributed by atoms with Crippen LogP contribution in [0.15, 0.2) is 46.8 Å². The summed E-state index contributed by atoms with van der Waals surface area (Å²) in [4.78, 5) is 63.2. The van der Waals surface area contributed by atoms with E-state index in [9.17, 15) is 34.2 Å². The van der Waals surface area contributed by atoms with E-state index in [1.54, 1.807) is 37.4 Å². The molecule has 0 spiro atoms. The van der Waals surface area contributed by atoms with E-state index in [0.717, 1.165) is 4.90 Å². The molecule has 41 heavy (non-hydrogen) atoms. The van der Waals surface area contributed by atoms with Crippen LogP contribution in [0.1, 0.15) is 18.0 Å². The van der Waals surface area contributed by atoms with Crippen LogP contribution in [0.4, 0.5) is 0 Å². The van der Waals surface area contributed by atoms with Crippen LogP contribution >= 0.6 is 23.5 Å². The molecule has 2 aromatic rings. The molecule has 1 saturated carbocycles. The number of aromatic nitrogens is 4. The van der Waals surface area contributed by atoms with Crippen LogP contribution in [0.25, 0.3) is 0 Å². The number of amides is 3. The molecule has 1 unspecified atom stereocenters. The van der Waals surface area contributed by atoms with Crippen LogP contribution < -0.4 is 80.0 Å². The minimum absolute atomic E-state index is 0. The Labute approximate surface area is 286 Å². The first kappa shape index (κ1) is 33.6. The van der Waals surface area contributed by atoms with E-state index >= 15 is 0 Å². The minimum Gasteiger partial charge on any atom is -0.550 e. The van der Waals surface area contributed by atoms with Gasteiger partial charge in [-0.3, -0.25) is 19.3 Å². The van der Waals surface area contributed by atoms with Gasteiger partial charge >= 0.3 is 59.1 Å². The van der Waals surface area contributed by atoms with Crippen molar-refractivity contribution >= 4 is 53.2 Å². The maximum absolute atomic E-state index is 13.3. The first-order valence-corrected chi connectivity index (χ1v) is 13.8. The molecule has 2 N–H and O–H groups in total. The van der Waals surface area contributed by atoms with E-state index in [1.165, 1.54) is 28.2 Å². The van der Waals surface area contributed by atoms with Crippen LogP contribution in [0.5, 0.6) is 0 Å². The third kappa shape index (κ3) is 7.01. The Hall–Kier alpha value is -1.92. The second-order valence-electron chi connectivity index (χ2n) is 9.13. The Morgan fingerprint density at radius 3 is 2.44 bits per heavy atom. The van der Waals surface area contributed by atoms with E-state index in [2.05, 4.69) is 26.2 Å². The first-order valence-electron chi connectivity index (χ1n) is 11.8. The van der Waals surface area contributed by atoms with Crippen molar-refractivity contribution in [3.8, 4) is 0 Å². The quantitative estimate of drug-likeness (QED) is 0.145. The summed E-state index contributed by atoms with van der Waals surface area (Å²) in [5, 5.41) is 39.2. The van der Waals surface area contributed by atoms with Crippen molar-refractivity contribution in [2.24, 2.45) is 18.9 Å². The standard InChI is InChI=1S/C23H23N7O7S2.2Na/c1-29-23(26-27-28-29)39-9-11-8-38-20-15(19(33)30(20)16(11)22(36)37)25-18(32)14(10-5-3-2-4-6-10)24-17(31)12-7-13(12)21(34)35;;/h2-6,12-15,20H,7-9H2,1H3,(H,24,31)(H,25,32)(H,34,35)(H,36,37);;/q;2*+1/p-2/t12-,13+,14?,15+,20+;;/m0../s1. The summed E-state index contributed by atoms with van der Waals surface area (Å²) in [7, 11) is 1.64. The first-order chi connectivity index (χ1) is 18.7. The fraction of sp³-hybridized carbons (Fsp3) is 0.391. The van der Waals surface area contributed by atoms with Crippen molar-refractivity contribution in [3.05, 3.63) is 47.2 Å². The van der Waals surface area contributed by atoms with E-state index in [-0.39, 0.29) is 82.7 Å². The molecule has 2 aliphatic heterocycles. The van der Waals surface area contributed by atoms with E-state index < -0.39 is 59.0 Å². The number of aryl methyl sites for hydroxylation is 1. The average molecular weight is 618 g/mol. The Balaban J connectivity index is 0.00000231. The number of thioether (sulfide) groups is 2. The molecule has 0 bridgehead atoms. The molecule has 18 heteroatoms. The van der Waals surface area contributed by atoms with Gasteiger partial charge < -0.3 is 30.4 Å². The van der Waals surface area contributed by atoms with Gasteiger partial charge in [0.15, 0.2) is 0 Å². The number of rotatable bonds is 10. The van der Waals surface area contributed by atoms with E-state index in [0.29, 0.717) is 16.3 Å². The molecular formula is C23H21N7Na2O7S2. The van der Waals surface area contributed by atoms with Gasteiger partial charge in [-0.05, 0) is 28.0 Å². The predicted octanol–water partition coefficient (Wildman–Crippen LogP) is -9.04. The van der Waals surface area contributed by atoms with Gasteiger partial charge in [-0.1, -0.05) is 42.1 Å². The minimum atomic E-state index is -1.51. The monoisotopic (exact) mass is 617 g/mol. The maximum atomic E-state index is 13.3. The van der Waals surface area contributed by atoms with Crippen molar-refractivity contribution in [2.75, 3.05) is 11.5 Å². The van der Waals surface area contributed by atoms with Crippen LogP contribution in [0.3, 0.4) is 0 Å². The SMILES string of the molecule is Cn1nnnc1SCC1=C(C(=O)[O-])N2C(=O)[C@@H](NC(=O)C(NC(=O)[C@H]3C[C@H]3C(=O)[O-])c3ccccc3)[C@H]2SC1.[Na+].[Na+]. The molecule has 3 aliphatic rings. The second kappa shape index (κ2) is 14.0. The number of carboxylic acid groups (broad SMARTS) is 2. The molecular weight excluding hydrogens is 596 g/mol. The van der Waals surface area contributed by atoms with Crippen molar-refractivity contribution in [1.29, 1.82) is 0 Å². The number of hydrogen-bond acceptors (Lipinski definition) is 12. The van der Waals surface area contributed by atoms with Gasteiger partial charge in [0.25, 0.3) is 5.91 Å². The van der Waals surface area contributed by atoms with Gasteiger partial charge in [0.1, 0.15) is 17.5 Å². The number of fused-ring (bicyclic) bond motifs is 1. The Kier molecular flexibility index (Phi) is 11.5. The van der Waals surface area contributed by atoms with Crippen LogP contribution in [-0.4, -0.2) is 77.7 Å². The number of nitrogens with one attached hydrogen (secondary N) is 2. The molecule has 1 aromatic heterocycles. The van der Waals surface area contributed by atoms with Gasteiger partial charge in [0, 0.05) is 36.4 Å². The fourth-order valence-electron chi connectivity index (χ4n) is 4.45. The molecule has 2 fully saturated rings. The van der Waals surface area contributed by atoms with Crippen molar-refractivity contribution in [1.82, 2.24) is 35.7 Å². The summed E-state index contributed by atoms with van der Waals surface area (Å²) >= 11 is 2.50. The number of nitrogens with zero attached hydrogens (tertiary/aromatic N) is 5. The van der Waals surface area contributed by atoms with Gasteiger partial charge in [-0.15, -0.1) is 16.9 Å². The fourth-order valence-corrected chi connectivity index (χ4v) is 6.79. The topological polar surface area (TPSA) is 202 Å². The summed E-state index contributed by atoms with van der Waals surface area (Å²) in [5.74, 6) is -5.97. The molecule has 1 saturated heterocycles. The average Bonchev–Trinajstić information content (AvgIpc) is 3.64. The molecule has 1 aliphatic carbocycles. The zero-order valence-corrected chi connectivity index (χ0v) is 27.9. The molecule has 3 heterocycles. The third-order valence-corrected chi connectivity index (χ3v) is 9.04. The smallest absolute Gasteiger partial charge is 0.550 e. The number of benzene rings is 1. The van der Waals surface area contributed by atoms with Crippen LogP contribution in [-0.2, 0) is 31.0 Å². The van der Waals surface area contributed by atoms with Crippen molar-refractivity contribution in [2.45, 2.75) is 29.0 Å². The molecule has 3 amide bonds. The van der Waals surface area contributed by atoms with E-state index in [4.69, 9.17) is 0 Å². The predicted molar refractivity (Wildman–Crippen MR) is 131 cm³/mol. The number of carbonyl (C=O) groups is 5. The van der Waals surface area contributed by atoms with Gasteiger partial charge in [-0.25, -0.2) is 4.68 Å². The van der Waals surface area contributed by atoms with E-state index in [1.807, 2.05) is 0 Å². The molecule has 204 valence electrons. The Morgan fingerprint density at radius 2 is 1.85 bits per heavy atom. The van der Waals surface area contributed by atoms with Gasteiger partial charge in [-0.2, -0.15) is 0 Å². The van der Waals surface area contributed by atoms with Crippen LogP contribution in [0.2, 0.25) is 0 Å². The number of tetrazole rings is 1. The summed E-state index contributed by atoms with van der Waals surface area (Å²) in [5.41, 5.74) is 0.650. The summed E-state index contributed by atoms with van der Waals surface area (Å²) < 4.78 is 1.44. The van der Waals surface area contributed by atoms with Crippen molar-refractivity contribution < 1.29 is 93.3 Å². The molecule has 5 atom stereocenters. The Morgan fingerprint density at radius 1 is 1.15 bits per heavy atom.